The van der Waals surface area contributed by atoms with Gasteiger partial charge in [0.1, 0.15) is 11.1 Å². The number of amides is 1. The molecule has 0 unspecified atom stereocenters. The molecule has 7 nitrogen and oxygen atoms in total. The van der Waals surface area contributed by atoms with Crippen LogP contribution in [0.4, 0.5) is 5.88 Å². The second-order valence-electron chi connectivity index (χ2n) is 5.22. The molecule has 1 saturated heterocycles. The third-order valence-electron chi connectivity index (χ3n) is 3.63. The first-order valence-corrected chi connectivity index (χ1v) is 8.00. The van der Waals surface area contributed by atoms with Gasteiger partial charge in [0.05, 0.1) is 18.3 Å². The van der Waals surface area contributed by atoms with Crippen LogP contribution in [0.2, 0.25) is 0 Å². The number of thiazole rings is 1. The van der Waals surface area contributed by atoms with Gasteiger partial charge in [-0.05, 0) is 13.8 Å². The van der Waals surface area contributed by atoms with Gasteiger partial charge in [0.25, 0.3) is 0 Å². The Morgan fingerprint density at radius 2 is 2.45 bits per heavy atom. The Hall–Kier alpha value is -1.77. The maximum Gasteiger partial charge on any atom is 0.243 e. The van der Waals surface area contributed by atoms with Gasteiger partial charge in [0.2, 0.25) is 11.8 Å². The highest BCUT2D eigenvalue weighted by molar-refractivity contribution is 7.09. The summed E-state index contributed by atoms with van der Waals surface area (Å²) in [7, 11) is 0. The maximum absolute atomic E-state index is 12.3. The number of hydrogen-bond acceptors (Lipinski definition) is 7. The molecule has 0 saturated carbocycles. The summed E-state index contributed by atoms with van der Waals surface area (Å²) in [5, 5.41) is 9.38. The fourth-order valence-electron chi connectivity index (χ4n) is 2.38. The van der Waals surface area contributed by atoms with Crippen LogP contribution < -0.4 is 5.32 Å². The van der Waals surface area contributed by atoms with Gasteiger partial charge in [0, 0.05) is 30.7 Å². The van der Waals surface area contributed by atoms with Crippen LogP contribution in [-0.4, -0.2) is 46.7 Å². The van der Waals surface area contributed by atoms with E-state index in [1.165, 1.54) is 0 Å². The molecule has 8 heteroatoms. The highest BCUT2D eigenvalue weighted by Crippen LogP contribution is 2.25. The fraction of sp³-hybridized carbons (Fsp3) is 0.500. The molecule has 1 aliphatic rings. The molecule has 0 bridgehead atoms. The van der Waals surface area contributed by atoms with E-state index in [2.05, 4.69) is 20.4 Å². The van der Waals surface area contributed by atoms with Gasteiger partial charge in [0.15, 0.2) is 0 Å². The lowest BCUT2D eigenvalue weighted by Crippen LogP contribution is -2.48. The lowest BCUT2D eigenvalue weighted by Gasteiger charge is -2.35. The highest BCUT2D eigenvalue weighted by atomic mass is 32.1. The van der Waals surface area contributed by atoms with E-state index in [0.29, 0.717) is 25.6 Å². The largest absolute Gasteiger partial charge is 0.368 e. The van der Waals surface area contributed by atoms with E-state index in [1.807, 2.05) is 19.2 Å². The van der Waals surface area contributed by atoms with E-state index in [0.717, 1.165) is 10.7 Å². The van der Waals surface area contributed by atoms with Crippen LogP contribution in [0.5, 0.6) is 0 Å². The zero-order valence-electron chi connectivity index (χ0n) is 12.5. The second kappa shape index (κ2) is 6.55. The van der Waals surface area contributed by atoms with Crippen molar-refractivity contribution in [3.05, 3.63) is 28.3 Å². The number of anilines is 1. The van der Waals surface area contributed by atoms with Gasteiger partial charge in [-0.1, -0.05) is 5.16 Å². The van der Waals surface area contributed by atoms with Crippen LogP contribution in [0.3, 0.4) is 0 Å². The molecule has 22 heavy (non-hydrogen) atoms. The number of rotatable bonds is 4. The Morgan fingerprint density at radius 1 is 1.59 bits per heavy atom. The predicted octanol–water partition coefficient (Wildman–Crippen LogP) is 1.84. The fourth-order valence-corrected chi connectivity index (χ4v) is 3.06. The molecule has 1 amide bonds. The molecule has 3 rings (SSSR count). The van der Waals surface area contributed by atoms with Crippen LogP contribution in [0, 0.1) is 6.92 Å². The first-order valence-electron chi connectivity index (χ1n) is 7.12. The topological polar surface area (TPSA) is 80.5 Å². The zero-order valence-corrected chi connectivity index (χ0v) is 13.3. The van der Waals surface area contributed by atoms with Crippen molar-refractivity contribution in [3.8, 4) is 0 Å². The van der Waals surface area contributed by atoms with Crippen molar-refractivity contribution < 1.29 is 14.1 Å². The Bertz CT molecular complexity index is 628. The van der Waals surface area contributed by atoms with E-state index in [9.17, 15) is 4.79 Å². The first-order chi connectivity index (χ1) is 10.6. The van der Waals surface area contributed by atoms with E-state index in [-0.39, 0.29) is 18.1 Å². The predicted molar refractivity (Wildman–Crippen MR) is 81.7 cm³/mol. The summed E-state index contributed by atoms with van der Waals surface area (Å²) in [5.74, 6) is 0.259. The molecular weight excluding hydrogens is 304 g/mol. The molecule has 2 aromatic heterocycles. The molecule has 2 atom stereocenters. The molecule has 0 radical (unpaired) electrons. The summed E-state index contributed by atoms with van der Waals surface area (Å²) in [5.41, 5.74) is 0.734. The van der Waals surface area contributed by atoms with Crippen LogP contribution in [0.25, 0.3) is 0 Å². The zero-order chi connectivity index (χ0) is 15.5. The average molecular weight is 322 g/mol. The number of nitrogens with one attached hydrogen (secondary N) is 1. The number of hydrogen-bond donors (Lipinski definition) is 1. The molecule has 1 N–H and O–H groups in total. The summed E-state index contributed by atoms with van der Waals surface area (Å²) in [4.78, 5) is 18.7. The van der Waals surface area contributed by atoms with Gasteiger partial charge < -0.3 is 9.26 Å². The van der Waals surface area contributed by atoms with E-state index >= 15 is 0 Å². The number of ether oxygens (including phenoxy) is 1. The van der Waals surface area contributed by atoms with Crippen molar-refractivity contribution in [1.29, 1.82) is 0 Å². The Kier molecular flexibility index (Phi) is 4.51. The van der Waals surface area contributed by atoms with Crippen molar-refractivity contribution in [2.45, 2.75) is 26.0 Å². The minimum atomic E-state index is -0.281. The molecule has 3 heterocycles. The smallest absolute Gasteiger partial charge is 0.243 e. The van der Waals surface area contributed by atoms with Gasteiger partial charge in [-0.3, -0.25) is 15.0 Å². The van der Waals surface area contributed by atoms with Gasteiger partial charge in [-0.15, -0.1) is 11.3 Å². The van der Waals surface area contributed by atoms with E-state index in [1.54, 1.807) is 23.6 Å². The summed E-state index contributed by atoms with van der Waals surface area (Å²) >= 11 is 1.57. The van der Waals surface area contributed by atoms with E-state index in [4.69, 9.17) is 9.26 Å². The van der Waals surface area contributed by atoms with Gasteiger partial charge >= 0.3 is 0 Å². The molecule has 0 spiro atoms. The minimum Gasteiger partial charge on any atom is -0.368 e. The molecule has 1 aliphatic heterocycles. The maximum atomic E-state index is 12.3. The molecule has 2 aromatic rings. The molecular formula is C14H18N4O3S. The van der Waals surface area contributed by atoms with Crippen molar-refractivity contribution in [2.75, 3.05) is 25.0 Å². The molecule has 1 fully saturated rings. The van der Waals surface area contributed by atoms with Crippen LogP contribution in [-0.2, 0) is 9.53 Å². The Labute approximate surface area is 132 Å². The van der Waals surface area contributed by atoms with Gasteiger partial charge in [-0.25, -0.2) is 4.98 Å². The van der Waals surface area contributed by atoms with Crippen molar-refractivity contribution in [2.24, 2.45) is 0 Å². The second-order valence-corrected chi connectivity index (χ2v) is 6.15. The number of aryl methyl sites for hydroxylation is 1. The number of carbonyl (C=O) groups excluding carboxylic acids is 1. The van der Waals surface area contributed by atoms with Crippen molar-refractivity contribution in [1.82, 2.24) is 15.0 Å². The first kappa shape index (κ1) is 15.1. The highest BCUT2D eigenvalue weighted by Gasteiger charge is 2.30. The monoisotopic (exact) mass is 322 g/mol. The molecule has 118 valence electrons. The van der Waals surface area contributed by atoms with Crippen molar-refractivity contribution in [3.63, 3.8) is 0 Å². The standard InChI is InChI=1S/C14H18N4O3S/c1-9-7-12(21-17-9)16-13(19)10(2)18-4-5-20-11(8-18)14-15-3-6-22-14/h3,6-7,10-11H,4-5,8H2,1-2H3,(H,16,19)/t10-,11+/m1/s1. The van der Waals surface area contributed by atoms with E-state index < -0.39 is 0 Å². The number of morpholine rings is 1. The number of nitrogens with zero attached hydrogens (tertiary/aromatic N) is 3. The summed E-state index contributed by atoms with van der Waals surface area (Å²) in [6.07, 6.45) is 1.70. The molecule has 0 aliphatic carbocycles. The minimum absolute atomic E-state index is 0.0727. The lowest BCUT2D eigenvalue weighted by atomic mass is 10.2. The number of aromatic nitrogens is 2. The summed E-state index contributed by atoms with van der Waals surface area (Å²) in [6, 6.07) is 1.42. The third-order valence-corrected chi connectivity index (χ3v) is 4.49. The summed E-state index contributed by atoms with van der Waals surface area (Å²) < 4.78 is 10.8. The third kappa shape index (κ3) is 3.34. The van der Waals surface area contributed by atoms with Gasteiger partial charge in [-0.2, -0.15) is 0 Å². The van der Waals surface area contributed by atoms with Crippen LogP contribution >= 0.6 is 11.3 Å². The average Bonchev–Trinajstić information content (AvgIpc) is 3.18. The Morgan fingerprint density at radius 3 is 3.14 bits per heavy atom. The normalized spacial score (nSPS) is 20.7. The van der Waals surface area contributed by atoms with Crippen molar-refractivity contribution >= 4 is 23.1 Å². The SMILES string of the molecule is Cc1cc(NC(=O)[C@@H](C)N2CCO[C@H](c3nccs3)C2)on1. The Balaban J connectivity index is 1.61. The lowest BCUT2D eigenvalue weighted by molar-refractivity contribution is -0.124. The summed E-state index contributed by atoms with van der Waals surface area (Å²) in [6.45, 7) is 5.64. The van der Waals surface area contributed by atoms with Crippen LogP contribution in [0.1, 0.15) is 23.7 Å². The van der Waals surface area contributed by atoms with Crippen LogP contribution in [0.15, 0.2) is 22.2 Å². The quantitative estimate of drug-likeness (QED) is 0.925. The molecule has 0 aromatic carbocycles. The number of carbonyl (C=O) groups is 1.